The van der Waals surface area contributed by atoms with Gasteiger partial charge in [0.15, 0.2) is 5.69 Å². The topological polar surface area (TPSA) is 71.0 Å². The molecule has 0 aliphatic carbocycles. The molecule has 1 N–H and O–H groups in total. The number of nitrogens with zero attached hydrogens (tertiary/aromatic N) is 4. The van der Waals surface area contributed by atoms with Gasteiger partial charge in [-0.05, 0) is 36.8 Å². The van der Waals surface area contributed by atoms with Gasteiger partial charge >= 0.3 is 0 Å². The number of pyridine rings is 1. The Morgan fingerprint density at radius 2 is 1.95 bits per heavy atom. The number of rotatable bonds is 5. The van der Waals surface area contributed by atoms with Crippen LogP contribution in [0.1, 0.15) is 23.0 Å². The number of hydrogen-bond donors (Lipinski definition) is 1. The highest BCUT2D eigenvalue weighted by atomic mass is 16.2. The third-order valence-corrected chi connectivity index (χ3v) is 2.76. The van der Waals surface area contributed by atoms with Crippen LogP contribution in [-0.4, -0.2) is 39.6 Å². The minimum atomic E-state index is -0.155. The normalized spacial score (nSPS) is 10.1. The average molecular weight is 271 g/mol. The highest BCUT2D eigenvalue weighted by Gasteiger charge is 2.14. The minimum Gasteiger partial charge on any atom is -0.369 e. The van der Waals surface area contributed by atoms with Crippen LogP contribution in [0.3, 0.4) is 0 Å². The van der Waals surface area contributed by atoms with Gasteiger partial charge in [0.1, 0.15) is 5.82 Å². The maximum Gasteiger partial charge on any atom is 0.274 e. The molecule has 0 unspecified atom stereocenters. The van der Waals surface area contributed by atoms with E-state index >= 15 is 0 Å². The van der Waals surface area contributed by atoms with Crippen molar-refractivity contribution in [3.63, 3.8) is 0 Å². The summed E-state index contributed by atoms with van der Waals surface area (Å²) in [5.41, 5.74) is 1.36. The van der Waals surface area contributed by atoms with Crippen molar-refractivity contribution in [2.75, 3.05) is 18.9 Å². The van der Waals surface area contributed by atoms with Crippen LogP contribution in [0.4, 0.5) is 5.82 Å². The molecule has 6 heteroatoms. The molecule has 2 rings (SSSR count). The van der Waals surface area contributed by atoms with E-state index in [1.807, 2.05) is 19.1 Å². The van der Waals surface area contributed by atoms with Gasteiger partial charge in [-0.3, -0.25) is 9.78 Å². The summed E-state index contributed by atoms with van der Waals surface area (Å²) in [6.07, 6.45) is 3.41. The summed E-state index contributed by atoms with van der Waals surface area (Å²) < 4.78 is 0. The van der Waals surface area contributed by atoms with Crippen LogP contribution in [0.5, 0.6) is 0 Å². The fourth-order valence-corrected chi connectivity index (χ4v) is 1.75. The first kappa shape index (κ1) is 13.9. The molecule has 0 atom stereocenters. The molecule has 0 aliphatic rings. The summed E-state index contributed by atoms with van der Waals surface area (Å²) >= 11 is 0. The van der Waals surface area contributed by atoms with Crippen molar-refractivity contribution in [1.82, 2.24) is 20.1 Å². The van der Waals surface area contributed by atoms with E-state index in [1.54, 1.807) is 36.5 Å². The van der Waals surface area contributed by atoms with Gasteiger partial charge in [0, 0.05) is 32.5 Å². The molecule has 0 saturated carbocycles. The van der Waals surface area contributed by atoms with Gasteiger partial charge in [-0.25, -0.2) is 0 Å². The first-order valence-electron chi connectivity index (χ1n) is 6.42. The van der Waals surface area contributed by atoms with Crippen molar-refractivity contribution in [2.24, 2.45) is 0 Å². The van der Waals surface area contributed by atoms with Gasteiger partial charge in [-0.1, -0.05) is 0 Å². The Hall–Kier alpha value is -2.50. The molecule has 0 bridgehead atoms. The van der Waals surface area contributed by atoms with Crippen LogP contribution in [0.15, 0.2) is 36.7 Å². The summed E-state index contributed by atoms with van der Waals surface area (Å²) in [7, 11) is 1.74. The van der Waals surface area contributed by atoms with E-state index in [4.69, 9.17) is 0 Å². The molecule has 6 nitrogen and oxygen atoms in total. The maximum absolute atomic E-state index is 12.2. The van der Waals surface area contributed by atoms with E-state index in [-0.39, 0.29) is 5.91 Å². The lowest BCUT2D eigenvalue weighted by Gasteiger charge is -2.16. The Balaban J connectivity index is 2.03. The van der Waals surface area contributed by atoms with E-state index in [2.05, 4.69) is 20.5 Å². The molecular formula is C14H17N5O. The third-order valence-electron chi connectivity index (χ3n) is 2.76. The number of carbonyl (C=O) groups is 1. The lowest BCUT2D eigenvalue weighted by molar-refractivity contribution is 0.0778. The van der Waals surface area contributed by atoms with E-state index in [0.717, 1.165) is 12.1 Å². The molecular weight excluding hydrogens is 254 g/mol. The SMILES string of the molecule is CCNc1ccc(C(=O)N(C)Cc2ccncc2)nn1. The zero-order valence-corrected chi connectivity index (χ0v) is 11.6. The standard InChI is InChI=1S/C14H17N5O/c1-3-16-13-5-4-12(17-18-13)14(20)19(2)10-11-6-8-15-9-7-11/h4-9H,3,10H2,1-2H3,(H,16,18). The van der Waals surface area contributed by atoms with Crippen LogP contribution in [0.2, 0.25) is 0 Å². The molecule has 1 amide bonds. The van der Waals surface area contributed by atoms with Crippen molar-refractivity contribution in [3.8, 4) is 0 Å². The van der Waals surface area contributed by atoms with Crippen molar-refractivity contribution in [1.29, 1.82) is 0 Å². The molecule has 0 spiro atoms. The number of amides is 1. The monoisotopic (exact) mass is 271 g/mol. The van der Waals surface area contributed by atoms with Gasteiger partial charge in [0.05, 0.1) is 0 Å². The summed E-state index contributed by atoms with van der Waals surface area (Å²) in [5, 5.41) is 10.9. The number of aromatic nitrogens is 3. The van der Waals surface area contributed by atoms with Gasteiger partial charge in [0.25, 0.3) is 5.91 Å². The third kappa shape index (κ3) is 3.50. The highest BCUT2D eigenvalue weighted by molar-refractivity contribution is 5.92. The Bertz CT molecular complexity index is 556. The Morgan fingerprint density at radius 3 is 2.55 bits per heavy atom. The number of hydrogen-bond acceptors (Lipinski definition) is 5. The van der Waals surface area contributed by atoms with E-state index in [0.29, 0.717) is 18.1 Å². The smallest absolute Gasteiger partial charge is 0.274 e. The molecule has 2 aromatic rings. The minimum absolute atomic E-state index is 0.155. The zero-order valence-electron chi connectivity index (χ0n) is 11.6. The summed E-state index contributed by atoms with van der Waals surface area (Å²) in [6.45, 7) is 3.26. The van der Waals surface area contributed by atoms with E-state index < -0.39 is 0 Å². The number of anilines is 1. The van der Waals surface area contributed by atoms with Gasteiger partial charge in [0.2, 0.25) is 0 Å². The zero-order chi connectivity index (χ0) is 14.4. The van der Waals surface area contributed by atoms with E-state index in [9.17, 15) is 4.79 Å². The first-order chi connectivity index (χ1) is 9.70. The van der Waals surface area contributed by atoms with Crippen LogP contribution in [0.25, 0.3) is 0 Å². The Kier molecular flexibility index (Phi) is 4.60. The Morgan fingerprint density at radius 1 is 1.20 bits per heavy atom. The van der Waals surface area contributed by atoms with Crippen molar-refractivity contribution in [2.45, 2.75) is 13.5 Å². The van der Waals surface area contributed by atoms with Gasteiger partial charge in [-0.2, -0.15) is 0 Å². The lowest BCUT2D eigenvalue weighted by Crippen LogP contribution is -2.27. The number of carbonyl (C=O) groups excluding carboxylic acids is 1. The second-order valence-electron chi connectivity index (χ2n) is 4.35. The summed E-state index contributed by atoms with van der Waals surface area (Å²) in [4.78, 5) is 17.8. The second-order valence-corrected chi connectivity index (χ2v) is 4.35. The van der Waals surface area contributed by atoms with Crippen LogP contribution in [-0.2, 0) is 6.54 Å². The van der Waals surface area contributed by atoms with Crippen LogP contribution >= 0.6 is 0 Å². The molecule has 0 fully saturated rings. The van der Waals surface area contributed by atoms with Crippen molar-refractivity contribution >= 4 is 11.7 Å². The van der Waals surface area contributed by atoms with Crippen LogP contribution < -0.4 is 5.32 Å². The molecule has 104 valence electrons. The summed E-state index contributed by atoms with van der Waals surface area (Å²) in [6, 6.07) is 7.19. The second kappa shape index (κ2) is 6.60. The fraction of sp³-hybridized carbons (Fsp3) is 0.286. The Labute approximate surface area is 117 Å². The molecule has 2 heterocycles. The average Bonchev–Trinajstić information content (AvgIpc) is 2.48. The highest BCUT2D eigenvalue weighted by Crippen LogP contribution is 2.07. The molecule has 0 aliphatic heterocycles. The molecule has 0 saturated heterocycles. The molecule has 0 radical (unpaired) electrons. The van der Waals surface area contributed by atoms with Crippen molar-refractivity contribution < 1.29 is 4.79 Å². The fourth-order valence-electron chi connectivity index (χ4n) is 1.75. The van der Waals surface area contributed by atoms with Gasteiger partial charge in [-0.15, -0.1) is 10.2 Å². The lowest BCUT2D eigenvalue weighted by atomic mass is 10.2. The van der Waals surface area contributed by atoms with E-state index in [1.165, 1.54) is 0 Å². The summed E-state index contributed by atoms with van der Waals surface area (Å²) in [5.74, 6) is 0.512. The van der Waals surface area contributed by atoms with Crippen LogP contribution in [0, 0.1) is 0 Å². The molecule has 0 aromatic carbocycles. The largest absolute Gasteiger partial charge is 0.369 e. The maximum atomic E-state index is 12.2. The first-order valence-corrected chi connectivity index (χ1v) is 6.42. The molecule has 2 aromatic heterocycles. The quantitative estimate of drug-likeness (QED) is 0.894. The van der Waals surface area contributed by atoms with Crippen molar-refractivity contribution in [3.05, 3.63) is 47.9 Å². The predicted octanol–water partition coefficient (Wildman–Crippen LogP) is 1.58. The number of nitrogens with one attached hydrogen (secondary N) is 1. The van der Waals surface area contributed by atoms with Gasteiger partial charge < -0.3 is 10.2 Å². The predicted molar refractivity (Wildman–Crippen MR) is 76.2 cm³/mol. The molecule has 20 heavy (non-hydrogen) atoms.